The predicted molar refractivity (Wildman–Crippen MR) is 123 cm³/mol. The SMILES string of the molecule is CN1C(=O)C=C[C@]2(C)[C@H]3CC[C@]4(C)[C@@H](CC(=O)Nc5c(F)cccc5F)CC[C@H]4[C@@H]3CC[C@@H]12. The summed E-state index contributed by atoms with van der Waals surface area (Å²) in [6.45, 7) is 4.67. The van der Waals surface area contributed by atoms with Crippen molar-refractivity contribution in [2.75, 3.05) is 12.4 Å². The molecule has 7 atom stereocenters. The molecule has 3 fully saturated rings. The Morgan fingerprint density at radius 2 is 1.82 bits per heavy atom. The normalized spacial score (nSPS) is 39.6. The number of hydrogen-bond donors (Lipinski definition) is 1. The maximum atomic E-state index is 14.0. The first-order valence-corrected chi connectivity index (χ1v) is 12.3. The van der Waals surface area contributed by atoms with E-state index in [4.69, 9.17) is 0 Å². The second kappa shape index (κ2) is 7.92. The molecule has 1 aromatic rings. The van der Waals surface area contributed by atoms with E-state index in [9.17, 15) is 18.4 Å². The Bertz CT molecular complexity index is 990. The van der Waals surface area contributed by atoms with Gasteiger partial charge in [0.2, 0.25) is 11.8 Å². The second-order valence-electron chi connectivity index (χ2n) is 11.3. The van der Waals surface area contributed by atoms with Gasteiger partial charge in [0.05, 0.1) is 0 Å². The van der Waals surface area contributed by atoms with Gasteiger partial charge in [-0.1, -0.05) is 26.0 Å². The quantitative estimate of drug-likeness (QED) is 0.648. The van der Waals surface area contributed by atoms with Crippen molar-refractivity contribution in [2.45, 2.75) is 64.8 Å². The summed E-state index contributed by atoms with van der Waals surface area (Å²) in [6, 6.07) is 3.88. The van der Waals surface area contributed by atoms with Gasteiger partial charge in [-0.15, -0.1) is 0 Å². The van der Waals surface area contributed by atoms with Crippen LogP contribution < -0.4 is 5.32 Å². The molecule has 178 valence electrons. The summed E-state index contributed by atoms with van der Waals surface area (Å²) in [5, 5.41) is 2.49. The highest BCUT2D eigenvalue weighted by Crippen LogP contribution is 2.66. The molecule has 0 aromatic heterocycles. The Kier molecular flexibility index (Phi) is 5.41. The van der Waals surface area contributed by atoms with E-state index in [1.165, 1.54) is 6.07 Å². The first kappa shape index (κ1) is 22.5. The van der Waals surface area contributed by atoms with E-state index in [2.05, 4.69) is 25.2 Å². The Morgan fingerprint density at radius 3 is 2.55 bits per heavy atom. The largest absolute Gasteiger partial charge is 0.338 e. The van der Waals surface area contributed by atoms with Crippen LogP contribution in [-0.4, -0.2) is 29.8 Å². The molecule has 3 aliphatic carbocycles. The lowest BCUT2D eigenvalue weighted by Crippen LogP contribution is -2.59. The monoisotopic (exact) mass is 456 g/mol. The molecule has 4 nitrogen and oxygen atoms in total. The summed E-state index contributed by atoms with van der Waals surface area (Å²) in [5.74, 6) is 0.216. The zero-order valence-electron chi connectivity index (χ0n) is 19.7. The Balaban J connectivity index is 1.32. The average Bonchev–Trinajstić information content (AvgIpc) is 3.10. The van der Waals surface area contributed by atoms with E-state index in [1.807, 2.05) is 11.9 Å². The third kappa shape index (κ3) is 3.43. The number of nitrogens with zero attached hydrogens (tertiary/aromatic N) is 1. The molecule has 0 saturated heterocycles. The van der Waals surface area contributed by atoms with Crippen molar-refractivity contribution in [3.8, 4) is 0 Å². The zero-order valence-corrected chi connectivity index (χ0v) is 19.7. The minimum atomic E-state index is -0.742. The fourth-order valence-electron chi connectivity index (χ4n) is 8.21. The van der Waals surface area contributed by atoms with Crippen LogP contribution in [0.3, 0.4) is 0 Å². The van der Waals surface area contributed by atoms with Crippen LogP contribution in [0, 0.1) is 46.1 Å². The molecule has 2 amide bonds. The fourth-order valence-corrected chi connectivity index (χ4v) is 8.21. The Morgan fingerprint density at radius 1 is 1.09 bits per heavy atom. The average molecular weight is 457 g/mol. The molecule has 4 aliphatic rings. The number of anilines is 1. The van der Waals surface area contributed by atoms with Crippen LogP contribution in [0.15, 0.2) is 30.4 Å². The van der Waals surface area contributed by atoms with Crippen molar-refractivity contribution in [2.24, 2.45) is 34.5 Å². The van der Waals surface area contributed by atoms with E-state index in [-0.39, 0.29) is 40.3 Å². The molecule has 1 aliphatic heterocycles. The van der Waals surface area contributed by atoms with Gasteiger partial charge >= 0.3 is 0 Å². The standard InChI is InChI=1S/C27H34F2N2O2/c1-26-13-11-19-17(8-10-22-27(19,2)14-12-24(33)31(22)3)18(26)9-7-16(26)15-23(32)30-25-20(28)5-4-6-21(25)29/h4-6,12,14,16-19,22H,7-11,13,15H2,1-3H3,(H,30,32)/t16-,17+,18+,19+,22-,26-,27-/m1/s1. The molecule has 0 bridgehead atoms. The smallest absolute Gasteiger partial charge is 0.246 e. The molecule has 1 heterocycles. The van der Waals surface area contributed by atoms with Crippen LogP contribution in [0.2, 0.25) is 0 Å². The molecule has 6 heteroatoms. The Hall–Kier alpha value is -2.24. The van der Waals surface area contributed by atoms with Gasteiger partial charge in [-0.3, -0.25) is 9.59 Å². The maximum Gasteiger partial charge on any atom is 0.246 e. The number of carbonyl (C=O) groups is 2. The van der Waals surface area contributed by atoms with Crippen molar-refractivity contribution in [3.63, 3.8) is 0 Å². The number of carbonyl (C=O) groups excluding carboxylic acids is 2. The third-order valence-corrected chi connectivity index (χ3v) is 9.98. The second-order valence-corrected chi connectivity index (χ2v) is 11.3. The summed E-state index contributed by atoms with van der Waals surface area (Å²) in [5.41, 5.74) is -0.278. The first-order valence-electron chi connectivity index (χ1n) is 12.3. The molecular weight excluding hydrogens is 422 g/mol. The minimum absolute atomic E-state index is 0.00469. The van der Waals surface area contributed by atoms with E-state index in [0.29, 0.717) is 24.2 Å². The number of rotatable bonds is 3. The van der Waals surface area contributed by atoms with E-state index in [1.54, 1.807) is 6.08 Å². The molecule has 3 saturated carbocycles. The number of halogens is 2. The van der Waals surface area contributed by atoms with Gasteiger partial charge in [-0.2, -0.15) is 0 Å². The van der Waals surface area contributed by atoms with Gasteiger partial charge in [0.15, 0.2) is 0 Å². The molecule has 0 spiro atoms. The number of hydrogen-bond acceptors (Lipinski definition) is 2. The van der Waals surface area contributed by atoms with Crippen LogP contribution in [0.1, 0.15) is 58.8 Å². The van der Waals surface area contributed by atoms with Crippen LogP contribution in [0.5, 0.6) is 0 Å². The topological polar surface area (TPSA) is 49.4 Å². The van der Waals surface area contributed by atoms with Crippen LogP contribution in [0.4, 0.5) is 14.5 Å². The van der Waals surface area contributed by atoms with Crippen molar-refractivity contribution >= 4 is 17.5 Å². The highest BCUT2D eigenvalue weighted by Gasteiger charge is 2.60. The lowest BCUT2D eigenvalue weighted by molar-refractivity contribution is -0.139. The third-order valence-electron chi connectivity index (χ3n) is 9.98. The highest BCUT2D eigenvalue weighted by molar-refractivity contribution is 5.91. The molecule has 1 N–H and O–H groups in total. The first-order chi connectivity index (χ1) is 15.6. The highest BCUT2D eigenvalue weighted by atomic mass is 19.1. The summed E-state index contributed by atoms with van der Waals surface area (Å²) < 4.78 is 28.0. The number of likely N-dealkylation sites (N-methyl/N-ethyl adjacent to an activating group) is 1. The molecule has 5 rings (SSSR count). The van der Waals surface area contributed by atoms with Gasteiger partial charge < -0.3 is 10.2 Å². The predicted octanol–water partition coefficient (Wildman–Crippen LogP) is 5.55. The van der Waals surface area contributed by atoms with Gasteiger partial charge in [-0.25, -0.2) is 8.78 Å². The van der Waals surface area contributed by atoms with Gasteiger partial charge in [-0.05, 0) is 85.8 Å². The summed E-state index contributed by atoms with van der Waals surface area (Å²) in [6.07, 6.45) is 10.6. The van der Waals surface area contributed by atoms with Crippen LogP contribution in [0.25, 0.3) is 0 Å². The molecule has 0 unspecified atom stereocenters. The summed E-state index contributed by atoms with van der Waals surface area (Å²) in [7, 11) is 1.94. The molecule has 33 heavy (non-hydrogen) atoms. The minimum Gasteiger partial charge on any atom is -0.338 e. The number of para-hydroxylation sites is 1. The van der Waals surface area contributed by atoms with Gasteiger partial charge in [0.25, 0.3) is 0 Å². The molecule has 1 aromatic carbocycles. The maximum absolute atomic E-state index is 14.0. The number of amides is 2. The van der Waals surface area contributed by atoms with Crippen LogP contribution >= 0.6 is 0 Å². The fraction of sp³-hybridized carbons (Fsp3) is 0.630. The van der Waals surface area contributed by atoms with E-state index in [0.717, 1.165) is 50.7 Å². The van der Waals surface area contributed by atoms with Gasteiger partial charge in [0.1, 0.15) is 17.3 Å². The lowest BCUT2D eigenvalue weighted by Gasteiger charge is -2.60. The number of fused-ring (bicyclic) bond motifs is 5. The lowest BCUT2D eigenvalue weighted by atomic mass is 9.47. The van der Waals surface area contributed by atoms with E-state index < -0.39 is 11.6 Å². The summed E-state index contributed by atoms with van der Waals surface area (Å²) in [4.78, 5) is 27.0. The number of nitrogens with one attached hydrogen (secondary N) is 1. The number of benzene rings is 1. The van der Waals surface area contributed by atoms with Crippen molar-refractivity contribution < 1.29 is 18.4 Å². The zero-order chi connectivity index (χ0) is 23.5. The van der Waals surface area contributed by atoms with Crippen molar-refractivity contribution in [1.29, 1.82) is 0 Å². The van der Waals surface area contributed by atoms with Crippen LogP contribution in [-0.2, 0) is 9.59 Å². The van der Waals surface area contributed by atoms with Crippen molar-refractivity contribution in [1.82, 2.24) is 4.90 Å². The Labute approximate surface area is 194 Å². The van der Waals surface area contributed by atoms with Gasteiger partial charge in [0, 0.05) is 24.9 Å². The van der Waals surface area contributed by atoms with Crippen molar-refractivity contribution in [3.05, 3.63) is 42.0 Å². The molecule has 0 radical (unpaired) electrons. The summed E-state index contributed by atoms with van der Waals surface area (Å²) >= 11 is 0. The van der Waals surface area contributed by atoms with E-state index >= 15 is 0 Å². The molecular formula is C27H34F2N2O2.